The van der Waals surface area contributed by atoms with Gasteiger partial charge in [0.1, 0.15) is 12.7 Å². The first-order chi connectivity index (χ1) is 10.5. The maximum atomic E-state index is 12.1. The van der Waals surface area contributed by atoms with Gasteiger partial charge in [-0.25, -0.2) is 9.78 Å². The van der Waals surface area contributed by atoms with Gasteiger partial charge in [0.15, 0.2) is 0 Å². The first-order valence-electron chi connectivity index (χ1n) is 6.82. The molecule has 2 amide bonds. The zero-order chi connectivity index (χ0) is 16.1. The number of nitrogens with one attached hydrogen (secondary N) is 2. The lowest BCUT2D eigenvalue weighted by Crippen LogP contribution is -2.38. The summed E-state index contributed by atoms with van der Waals surface area (Å²) in [5.74, 6) is 0. The van der Waals surface area contributed by atoms with Crippen LogP contribution in [0.5, 0.6) is 0 Å². The fourth-order valence-electron chi connectivity index (χ4n) is 2.03. The van der Waals surface area contributed by atoms with Crippen LogP contribution < -0.4 is 15.5 Å². The molecule has 0 unspecified atom stereocenters. The molecule has 0 saturated heterocycles. The molecular weight excluding hydrogens is 304 g/mol. The zero-order valence-corrected chi connectivity index (χ0v) is 13.5. The number of hydrogen-bond donors (Lipinski definition) is 2. The molecule has 0 fully saturated rings. The third kappa shape index (κ3) is 4.36. The maximum Gasteiger partial charge on any atom is 0.319 e. The second-order valence-electron chi connectivity index (χ2n) is 5.17. The Labute approximate surface area is 134 Å². The fraction of sp³-hybridized carbons (Fsp3) is 0.357. The van der Waals surface area contributed by atoms with Gasteiger partial charge in [0.05, 0.1) is 17.9 Å². The molecule has 0 radical (unpaired) electrons. The van der Waals surface area contributed by atoms with Crippen LogP contribution in [-0.4, -0.2) is 40.9 Å². The maximum absolute atomic E-state index is 12.1. The van der Waals surface area contributed by atoms with Crippen molar-refractivity contribution in [2.75, 3.05) is 24.3 Å². The molecule has 1 atom stereocenters. The van der Waals surface area contributed by atoms with Crippen molar-refractivity contribution in [1.82, 2.24) is 20.1 Å². The molecular formula is C14H19ClN6O. The van der Waals surface area contributed by atoms with Crippen LogP contribution >= 0.6 is 11.6 Å². The summed E-state index contributed by atoms with van der Waals surface area (Å²) in [4.78, 5) is 17.9. The van der Waals surface area contributed by atoms with E-state index >= 15 is 0 Å². The van der Waals surface area contributed by atoms with Crippen LogP contribution in [0, 0.1) is 0 Å². The largest absolute Gasteiger partial charge is 0.376 e. The molecule has 0 saturated carbocycles. The number of hydrogen-bond acceptors (Lipinski definition) is 4. The molecule has 22 heavy (non-hydrogen) atoms. The van der Waals surface area contributed by atoms with Gasteiger partial charge in [-0.05, 0) is 25.1 Å². The first-order valence-corrected chi connectivity index (χ1v) is 7.20. The van der Waals surface area contributed by atoms with E-state index in [2.05, 4.69) is 20.7 Å². The fourth-order valence-corrected chi connectivity index (χ4v) is 2.21. The van der Waals surface area contributed by atoms with Gasteiger partial charge in [-0.15, -0.1) is 0 Å². The molecule has 2 N–H and O–H groups in total. The summed E-state index contributed by atoms with van der Waals surface area (Å²) in [6.07, 6.45) is 3.07. The van der Waals surface area contributed by atoms with E-state index in [-0.39, 0.29) is 12.1 Å². The van der Waals surface area contributed by atoms with Gasteiger partial charge in [0.2, 0.25) is 0 Å². The number of anilines is 2. The standard InChI is InChI=1S/C14H19ClN6O/c1-10(7-21-9-16-8-17-21)18-14(22)19-12-6-11(15)4-5-13(12)20(2)3/h4-6,8-10H,7H2,1-3H3,(H2,18,19,22)/t10-/m1/s1. The van der Waals surface area contributed by atoms with Crippen LogP contribution in [0.1, 0.15) is 6.92 Å². The van der Waals surface area contributed by atoms with E-state index in [1.807, 2.05) is 32.0 Å². The highest BCUT2D eigenvalue weighted by atomic mass is 35.5. The summed E-state index contributed by atoms with van der Waals surface area (Å²) in [7, 11) is 3.80. The van der Waals surface area contributed by atoms with Crippen molar-refractivity contribution in [2.45, 2.75) is 19.5 Å². The van der Waals surface area contributed by atoms with E-state index in [1.54, 1.807) is 23.1 Å². The molecule has 0 aliphatic rings. The van der Waals surface area contributed by atoms with Crippen molar-refractivity contribution >= 4 is 29.0 Å². The SMILES string of the molecule is C[C@H](Cn1cncn1)NC(=O)Nc1cc(Cl)ccc1N(C)C. The van der Waals surface area contributed by atoms with Gasteiger partial charge in [-0.2, -0.15) is 5.10 Å². The number of halogens is 1. The van der Waals surface area contributed by atoms with Crippen LogP contribution in [-0.2, 0) is 6.54 Å². The highest BCUT2D eigenvalue weighted by Gasteiger charge is 2.12. The van der Waals surface area contributed by atoms with Gasteiger partial charge in [-0.1, -0.05) is 11.6 Å². The van der Waals surface area contributed by atoms with Crippen LogP contribution in [0.4, 0.5) is 16.2 Å². The number of aromatic nitrogens is 3. The molecule has 2 aromatic rings. The molecule has 0 aliphatic heterocycles. The smallest absolute Gasteiger partial charge is 0.319 e. The Morgan fingerprint density at radius 2 is 2.23 bits per heavy atom. The Kier molecular flexibility index (Phi) is 5.21. The number of nitrogens with zero attached hydrogens (tertiary/aromatic N) is 4. The summed E-state index contributed by atoms with van der Waals surface area (Å²) >= 11 is 6.00. The monoisotopic (exact) mass is 322 g/mol. The number of carbonyl (C=O) groups excluding carboxylic acids is 1. The third-order valence-corrected chi connectivity index (χ3v) is 3.23. The highest BCUT2D eigenvalue weighted by Crippen LogP contribution is 2.27. The van der Waals surface area contributed by atoms with Crippen molar-refractivity contribution in [3.05, 3.63) is 35.9 Å². The predicted molar refractivity (Wildman–Crippen MR) is 87.4 cm³/mol. The number of urea groups is 1. The van der Waals surface area contributed by atoms with E-state index < -0.39 is 0 Å². The van der Waals surface area contributed by atoms with Crippen LogP contribution in [0.25, 0.3) is 0 Å². The molecule has 118 valence electrons. The third-order valence-electron chi connectivity index (χ3n) is 2.99. The van der Waals surface area contributed by atoms with Gasteiger partial charge < -0.3 is 15.5 Å². The summed E-state index contributed by atoms with van der Waals surface area (Å²) < 4.78 is 1.66. The van der Waals surface area contributed by atoms with Crippen LogP contribution in [0.15, 0.2) is 30.9 Å². The Bertz CT molecular complexity index is 628. The average molecular weight is 323 g/mol. The van der Waals surface area contributed by atoms with Crippen molar-refractivity contribution in [1.29, 1.82) is 0 Å². The molecule has 2 rings (SSSR count). The number of rotatable bonds is 5. The number of amides is 2. The number of carbonyl (C=O) groups is 1. The van der Waals surface area contributed by atoms with Gasteiger partial charge in [0, 0.05) is 25.2 Å². The Balaban J connectivity index is 1.98. The van der Waals surface area contributed by atoms with Crippen molar-refractivity contribution in [3.8, 4) is 0 Å². The molecule has 0 aliphatic carbocycles. The van der Waals surface area contributed by atoms with E-state index in [0.29, 0.717) is 17.3 Å². The second kappa shape index (κ2) is 7.13. The molecule has 1 aromatic carbocycles. The molecule has 0 bridgehead atoms. The predicted octanol–water partition coefficient (Wildman–Crippen LogP) is 2.21. The minimum atomic E-state index is -0.294. The molecule has 1 heterocycles. The Hall–Kier alpha value is -2.28. The molecule has 0 spiro atoms. The topological polar surface area (TPSA) is 75.1 Å². The van der Waals surface area contributed by atoms with Crippen LogP contribution in [0.2, 0.25) is 5.02 Å². The van der Waals surface area contributed by atoms with Crippen molar-refractivity contribution in [2.24, 2.45) is 0 Å². The van der Waals surface area contributed by atoms with E-state index in [1.165, 1.54) is 6.33 Å². The normalized spacial score (nSPS) is 11.8. The zero-order valence-electron chi connectivity index (χ0n) is 12.7. The van der Waals surface area contributed by atoms with Crippen molar-refractivity contribution < 1.29 is 4.79 Å². The molecule has 8 heteroatoms. The second-order valence-corrected chi connectivity index (χ2v) is 5.61. The summed E-state index contributed by atoms with van der Waals surface area (Å²) in [5, 5.41) is 10.2. The quantitative estimate of drug-likeness (QED) is 0.885. The molecule has 7 nitrogen and oxygen atoms in total. The summed E-state index contributed by atoms with van der Waals surface area (Å²) in [6.45, 7) is 2.44. The minimum absolute atomic E-state index is 0.0938. The van der Waals surface area contributed by atoms with E-state index in [0.717, 1.165) is 5.69 Å². The Morgan fingerprint density at radius 3 is 2.86 bits per heavy atom. The first kappa shape index (κ1) is 16.1. The molecule has 1 aromatic heterocycles. The minimum Gasteiger partial charge on any atom is -0.376 e. The average Bonchev–Trinajstić information content (AvgIpc) is 2.90. The summed E-state index contributed by atoms with van der Waals surface area (Å²) in [5.41, 5.74) is 1.53. The van der Waals surface area contributed by atoms with E-state index in [9.17, 15) is 4.79 Å². The van der Waals surface area contributed by atoms with Gasteiger partial charge >= 0.3 is 6.03 Å². The van der Waals surface area contributed by atoms with Crippen LogP contribution in [0.3, 0.4) is 0 Å². The van der Waals surface area contributed by atoms with Crippen molar-refractivity contribution in [3.63, 3.8) is 0 Å². The van der Waals surface area contributed by atoms with Gasteiger partial charge in [0.25, 0.3) is 0 Å². The van der Waals surface area contributed by atoms with Gasteiger partial charge in [-0.3, -0.25) is 4.68 Å². The lowest BCUT2D eigenvalue weighted by molar-refractivity contribution is 0.247. The van der Waals surface area contributed by atoms with E-state index in [4.69, 9.17) is 11.6 Å². The summed E-state index contributed by atoms with van der Waals surface area (Å²) in [6, 6.07) is 4.98. The number of benzene rings is 1. The lowest BCUT2D eigenvalue weighted by atomic mass is 10.2. The highest BCUT2D eigenvalue weighted by molar-refractivity contribution is 6.31. The Morgan fingerprint density at radius 1 is 1.45 bits per heavy atom. The lowest BCUT2D eigenvalue weighted by Gasteiger charge is -2.20.